The number of halogens is 1. The van der Waals surface area contributed by atoms with Gasteiger partial charge in [-0.1, -0.05) is 12.1 Å². The summed E-state index contributed by atoms with van der Waals surface area (Å²) in [7, 11) is 2.95. The predicted molar refractivity (Wildman–Crippen MR) is 51.8 cm³/mol. The monoisotopic (exact) mass is 199 g/mol. The molecule has 0 unspecified atom stereocenters. The first-order chi connectivity index (χ1) is 6.70. The SMILES string of the molecule is COC[C@@H](N)c1cccc(OC)c1F. The summed E-state index contributed by atoms with van der Waals surface area (Å²) in [6.07, 6.45) is 0. The van der Waals surface area contributed by atoms with Crippen LogP contribution in [0.1, 0.15) is 11.6 Å². The third-order valence-corrected chi connectivity index (χ3v) is 1.96. The van der Waals surface area contributed by atoms with Crippen LogP contribution in [0.25, 0.3) is 0 Å². The van der Waals surface area contributed by atoms with Crippen LogP contribution < -0.4 is 10.5 Å². The Morgan fingerprint density at radius 1 is 1.43 bits per heavy atom. The summed E-state index contributed by atoms with van der Waals surface area (Å²) in [5, 5.41) is 0. The standard InChI is InChI=1S/C10H14FNO2/c1-13-6-8(12)7-4-3-5-9(14-2)10(7)11/h3-5,8H,6,12H2,1-2H3/t8-/m1/s1. The fraction of sp³-hybridized carbons (Fsp3) is 0.400. The second-order valence-corrected chi connectivity index (χ2v) is 2.93. The lowest BCUT2D eigenvalue weighted by Crippen LogP contribution is -2.17. The molecule has 0 heterocycles. The van der Waals surface area contributed by atoms with Crippen LogP contribution in [0.5, 0.6) is 5.75 Å². The van der Waals surface area contributed by atoms with Crippen LogP contribution in [0, 0.1) is 5.82 Å². The topological polar surface area (TPSA) is 44.5 Å². The van der Waals surface area contributed by atoms with Crippen molar-refractivity contribution in [2.75, 3.05) is 20.8 Å². The van der Waals surface area contributed by atoms with Gasteiger partial charge in [-0.05, 0) is 6.07 Å². The second kappa shape index (κ2) is 4.93. The summed E-state index contributed by atoms with van der Waals surface area (Å²) in [6, 6.07) is 4.42. The molecule has 0 aliphatic rings. The second-order valence-electron chi connectivity index (χ2n) is 2.93. The molecule has 4 heteroatoms. The van der Waals surface area contributed by atoms with Gasteiger partial charge < -0.3 is 15.2 Å². The van der Waals surface area contributed by atoms with Crippen LogP contribution >= 0.6 is 0 Å². The smallest absolute Gasteiger partial charge is 0.169 e. The molecule has 1 rings (SSSR count). The maximum absolute atomic E-state index is 13.6. The molecular weight excluding hydrogens is 185 g/mol. The van der Waals surface area contributed by atoms with E-state index in [1.807, 2.05) is 0 Å². The molecule has 0 bridgehead atoms. The summed E-state index contributed by atoms with van der Waals surface area (Å²) in [5.74, 6) is -0.214. The van der Waals surface area contributed by atoms with Gasteiger partial charge in [-0.2, -0.15) is 0 Å². The molecule has 0 radical (unpaired) electrons. The minimum absolute atomic E-state index is 0.203. The maximum Gasteiger partial charge on any atom is 0.169 e. The number of hydrogen-bond acceptors (Lipinski definition) is 3. The highest BCUT2D eigenvalue weighted by atomic mass is 19.1. The Bertz CT molecular complexity index is 304. The van der Waals surface area contributed by atoms with Crippen molar-refractivity contribution in [3.05, 3.63) is 29.6 Å². The third-order valence-electron chi connectivity index (χ3n) is 1.96. The number of hydrogen-bond donors (Lipinski definition) is 1. The van der Waals surface area contributed by atoms with E-state index in [1.54, 1.807) is 18.2 Å². The van der Waals surface area contributed by atoms with Crippen LogP contribution in [0.3, 0.4) is 0 Å². The molecular formula is C10H14FNO2. The molecule has 0 amide bonds. The lowest BCUT2D eigenvalue weighted by Gasteiger charge is -2.13. The molecule has 0 aromatic heterocycles. The van der Waals surface area contributed by atoms with E-state index < -0.39 is 11.9 Å². The van der Waals surface area contributed by atoms with Gasteiger partial charge in [0.15, 0.2) is 11.6 Å². The van der Waals surface area contributed by atoms with Gasteiger partial charge in [0.25, 0.3) is 0 Å². The lowest BCUT2D eigenvalue weighted by molar-refractivity contribution is 0.179. The van der Waals surface area contributed by atoms with E-state index in [0.29, 0.717) is 5.56 Å². The molecule has 1 atom stereocenters. The van der Waals surface area contributed by atoms with Crippen molar-refractivity contribution in [2.45, 2.75) is 6.04 Å². The Balaban J connectivity index is 2.96. The van der Waals surface area contributed by atoms with Crippen molar-refractivity contribution in [2.24, 2.45) is 5.73 Å². The van der Waals surface area contributed by atoms with E-state index in [2.05, 4.69) is 0 Å². The molecule has 2 N–H and O–H groups in total. The van der Waals surface area contributed by atoms with E-state index in [0.717, 1.165) is 0 Å². The van der Waals surface area contributed by atoms with Gasteiger partial charge in [0.1, 0.15) is 0 Å². The summed E-state index contributed by atoms with van der Waals surface area (Å²) in [6.45, 7) is 0.282. The first-order valence-electron chi connectivity index (χ1n) is 4.27. The largest absolute Gasteiger partial charge is 0.494 e. The molecule has 0 aliphatic heterocycles. The van der Waals surface area contributed by atoms with Crippen LogP contribution in [-0.4, -0.2) is 20.8 Å². The molecule has 0 spiro atoms. The zero-order valence-corrected chi connectivity index (χ0v) is 8.29. The summed E-state index contributed by atoms with van der Waals surface area (Å²) in [5.41, 5.74) is 6.12. The van der Waals surface area contributed by atoms with Crippen molar-refractivity contribution < 1.29 is 13.9 Å². The van der Waals surface area contributed by atoms with Gasteiger partial charge in [0.2, 0.25) is 0 Å². The molecule has 14 heavy (non-hydrogen) atoms. The molecule has 0 saturated heterocycles. The quantitative estimate of drug-likeness (QED) is 0.798. The summed E-state index contributed by atoms with van der Waals surface area (Å²) < 4.78 is 23.3. The predicted octanol–water partition coefficient (Wildman–Crippen LogP) is 1.48. The highest BCUT2D eigenvalue weighted by Crippen LogP contribution is 2.23. The first kappa shape index (κ1) is 10.9. The fourth-order valence-electron chi connectivity index (χ4n) is 1.24. The lowest BCUT2D eigenvalue weighted by atomic mass is 10.1. The molecule has 1 aromatic carbocycles. The number of ether oxygens (including phenoxy) is 2. The maximum atomic E-state index is 13.6. The van der Waals surface area contributed by atoms with E-state index in [1.165, 1.54) is 14.2 Å². The van der Waals surface area contributed by atoms with E-state index >= 15 is 0 Å². The van der Waals surface area contributed by atoms with E-state index in [4.69, 9.17) is 15.2 Å². The van der Waals surface area contributed by atoms with Gasteiger partial charge in [0, 0.05) is 12.7 Å². The average Bonchev–Trinajstić information content (AvgIpc) is 2.18. The molecule has 0 aliphatic carbocycles. The number of methoxy groups -OCH3 is 2. The number of rotatable bonds is 4. The van der Waals surface area contributed by atoms with Gasteiger partial charge >= 0.3 is 0 Å². The van der Waals surface area contributed by atoms with Gasteiger partial charge in [-0.25, -0.2) is 4.39 Å². The van der Waals surface area contributed by atoms with Crippen molar-refractivity contribution in [3.8, 4) is 5.75 Å². The van der Waals surface area contributed by atoms with Crippen LogP contribution in [0.2, 0.25) is 0 Å². The van der Waals surface area contributed by atoms with Crippen LogP contribution in [0.4, 0.5) is 4.39 Å². The van der Waals surface area contributed by atoms with Crippen LogP contribution in [0.15, 0.2) is 18.2 Å². The Labute approximate surface area is 82.6 Å². The highest BCUT2D eigenvalue weighted by molar-refractivity contribution is 5.32. The fourth-order valence-corrected chi connectivity index (χ4v) is 1.24. The van der Waals surface area contributed by atoms with Gasteiger partial charge in [-0.15, -0.1) is 0 Å². The van der Waals surface area contributed by atoms with Crippen molar-refractivity contribution >= 4 is 0 Å². The number of nitrogens with two attached hydrogens (primary N) is 1. The van der Waals surface area contributed by atoms with Crippen molar-refractivity contribution in [1.29, 1.82) is 0 Å². The summed E-state index contributed by atoms with van der Waals surface area (Å²) in [4.78, 5) is 0. The Kier molecular flexibility index (Phi) is 3.85. The molecule has 0 fully saturated rings. The Hall–Kier alpha value is -1.13. The van der Waals surface area contributed by atoms with Gasteiger partial charge in [-0.3, -0.25) is 0 Å². The molecule has 1 aromatic rings. The van der Waals surface area contributed by atoms with E-state index in [-0.39, 0.29) is 12.4 Å². The normalized spacial score (nSPS) is 12.6. The van der Waals surface area contributed by atoms with E-state index in [9.17, 15) is 4.39 Å². The first-order valence-corrected chi connectivity index (χ1v) is 4.27. The molecule has 78 valence electrons. The highest BCUT2D eigenvalue weighted by Gasteiger charge is 2.14. The zero-order chi connectivity index (χ0) is 10.6. The van der Waals surface area contributed by atoms with Gasteiger partial charge in [0.05, 0.1) is 19.8 Å². The molecule has 0 saturated carbocycles. The average molecular weight is 199 g/mol. The molecule has 3 nitrogen and oxygen atoms in total. The Morgan fingerprint density at radius 3 is 2.71 bits per heavy atom. The minimum atomic E-state index is -0.463. The Morgan fingerprint density at radius 2 is 2.14 bits per heavy atom. The van der Waals surface area contributed by atoms with Crippen molar-refractivity contribution in [1.82, 2.24) is 0 Å². The van der Waals surface area contributed by atoms with Crippen LogP contribution in [-0.2, 0) is 4.74 Å². The zero-order valence-electron chi connectivity index (χ0n) is 8.29. The summed E-state index contributed by atoms with van der Waals surface area (Å²) >= 11 is 0. The number of benzene rings is 1. The minimum Gasteiger partial charge on any atom is -0.494 e. The third kappa shape index (κ3) is 2.21. The van der Waals surface area contributed by atoms with Crippen molar-refractivity contribution in [3.63, 3.8) is 0 Å².